The number of nitrogens with one attached hydrogen (secondary N) is 1. The van der Waals surface area contributed by atoms with Gasteiger partial charge in [-0.25, -0.2) is 0 Å². The highest BCUT2D eigenvalue weighted by Gasteiger charge is 2.23. The van der Waals surface area contributed by atoms with E-state index < -0.39 is 0 Å². The van der Waals surface area contributed by atoms with Crippen LogP contribution in [0.5, 0.6) is 0 Å². The molecular weight excluding hydrogens is 248 g/mol. The fourth-order valence-electron chi connectivity index (χ4n) is 3.54. The smallest absolute Gasteiger partial charge is 0.0765 e. The molecule has 112 valence electrons. The molecule has 2 atom stereocenters. The monoisotopic (exact) mass is 276 g/mol. The summed E-state index contributed by atoms with van der Waals surface area (Å²) in [4.78, 5) is 2.55. The Morgan fingerprint density at radius 3 is 2.85 bits per heavy atom. The van der Waals surface area contributed by atoms with Gasteiger partial charge in [0.25, 0.3) is 0 Å². The molecule has 4 nitrogen and oxygen atoms in total. The van der Waals surface area contributed by atoms with E-state index in [0.29, 0.717) is 18.1 Å². The number of hydrogen-bond donors (Lipinski definition) is 1. The largest absolute Gasteiger partial charge is 0.311 e. The molecule has 3 rings (SSSR count). The van der Waals surface area contributed by atoms with E-state index in [9.17, 15) is 0 Å². The molecule has 1 N–H and O–H groups in total. The first-order chi connectivity index (χ1) is 9.72. The van der Waals surface area contributed by atoms with Gasteiger partial charge in [0, 0.05) is 37.9 Å². The van der Waals surface area contributed by atoms with E-state index in [1.54, 1.807) is 0 Å². The van der Waals surface area contributed by atoms with Crippen molar-refractivity contribution in [2.24, 2.45) is 0 Å². The Kier molecular flexibility index (Phi) is 4.41. The lowest BCUT2D eigenvalue weighted by atomic mass is 9.96. The van der Waals surface area contributed by atoms with Crippen LogP contribution in [0.3, 0.4) is 0 Å². The third-order valence-electron chi connectivity index (χ3n) is 4.87. The van der Waals surface area contributed by atoms with Crippen LogP contribution >= 0.6 is 0 Å². The predicted octanol–water partition coefficient (Wildman–Crippen LogP) is 2.57. The summed E-state index contributed by atoms with van der Waals surface area (Å²) in [6.45, 7) is 7.77. The van der Waals surface area contributed by atoms with Gasteiger partial charge in [0.15, 0.2) is 0 Å². The van der Waals surface area contributed by atoms with E-state index in [0.717, 1.165) is 19.6 Å². The highest BCUT2D eigenvalue weighted by Crippen LogP contribution is 2.27. The summed E-state index contributed by atoms with van der Waals surface area (Å²) in [5.41, 5.74) is 1.23. The number of aromatic nitrogens is 2. The zero-order chi connectivity index (χ0) is 13.9. The first-order valence-electron chi connectivity index (χ1n) is 8.24. The van der Waals surface area contributed by atoms with Crippen LogP contribution in [0.2, 0.25) is 0 Å². The van der Waals surface area contributed by atoms with Crippen molar-refractivity contribution in [3.8, 4) is 0 Å². The van der Waals surface area contributed by atoms with Crippen molar-refractivity contribution < 1.29 is 0 Å². The first-order valence-corrected chi connectivity index (χ1v) is 8.24. The van der Waals surface area contributed by atoms with Gasteiger partial charge in [0.05, 0.1) is 11.7 Å². The molecule has 1 saturated heterocycles. The van der Waals surface area contributed by atoms with Crippen LogP contribution in [0.1, 0.15) is 57.7 Å². The second-order valence-corrected chi connectivity index (χ2v) is 6.67. The van der Waals surface area contributed by atoms with Crippen LogP contribution in [0.4, 0.5) is 0 Å². The summed E-state index contributed by atoms with van der Waals surface area (Å²) < 4.78 is 2.23. The molecule has 1 saturated carbocycles. The molecule has 0 amide bonds. The maximum absolute atomic E-state index is 4.84. The van der Waals surface area contributed by atoms with Crippen molar-refractivity contribution in [1.82, 2.24) is 20.0 Å². The van der Waals surface area contributed by atoms with E-state index in [1.807, 2.05) is 0 Å². The van der Waals surface area contributed by atoms with Crippen molar-refractivity contribution in [3.63, 3.8) is 0 Å². The minimum Gasteiger partial charge on any atom is -0.311 e. The van der Waals surface area contributed by atoms with Crippen LogP contribution in [0.25, 0.3) is 0 Å². The van der Waals surface area contributed by atoms with Gasteiger partial charge < -0.3 is 5.32 Å². The van der Waals surface area contributed by atoms with Gasteiger partial charge in [0.2, 0.25) is 0 Å². The second kappa shape index (κ2) is 6.27. The quantitative estimate of drug-likeness (QED) is 0.921. The van der Waals surface area contributed by atoms with E-state index >= 15 is 0 Å². The van der Waals surface area contributed by atoms with Crippen molar-refractivity contribution in [1.29, 1.82) is 0 Å². The number of rotatable bonds is 3. The second-order valence-electron chi connectivity index (χ2n) is 6.67. The molecule has 2 heterocycles. The Balaban J connectivity index is 1.61. The molecule has 0 radical (unpaired) electrons. The molecule has 2 aliphatic rings. The molecule has 2 unspecified atom stereocenters. The van der Waals surface area contributed by atoms with E-state index in [4.69, 9.17) is 5.10 Å². The topological polar surface area (TPSA) is 33.1 Å². The minimum absolute atomic E-state index is 0.589. The first kappa shape index (κ1) is 14.1. The average molecular weight is 276 g/mol. The summed E-state index contributed by atoms with van der Waals surface area (Å²) in [5, 5.41) is 8.38. The number of piperazine rings is 1. The third kappa shape index (κ3) is 3.23. The molecule has 0 bridgehead atoms. The average Bonchev–Trinajstić information content (AvgIpc) is 2.92. The lowest BCUT2D eigenvalue weighted by Gasteiger charge is -2.37. The zero-order valence-corrected chi connectivity index (χ0v) is 12.9. The lowest BCUT2D eigenvalue weighted by Crippen LogP contribution is -2.53. The fourth-order valence-corrected chi connectivity index (χ4v) is 3.54. The number of nitrogens with zero attached hydrogens (tertiary/aromatic N) is 3. The van der Waals surface area contributed by atoms with Gasteiger partial charge in [-0.3, -0.25) is 9.58 Å². The zero-order valence-electron chi connectivity index (χ0n) is 12.9. The van der Waals surface area contributed by atoms with Crippen molar-refractivity contribution in [2.45, 2.75) is 70.6 Å². The van der Waals surface area contributed by atoms with Crippen LogP contribution in [0, 0.1) is 0 Å². The maximum Gasteiger partial charge on any atom is 0.0765 e. The molecule has 4 heteroatoms. The Bertz CT molecular complexity index is 422. The Hall–Kier alpha value is -0.870. The molecule has 1 aliphatic carbocycles. The molecular formula is C16H28N4. The van der Waals surface area contributed by atoms with Crippen LogP contribution in [-0.4, -0.2) is 39.9 Å². The standard InChI is InChI=1S/C16H28N4/c1-13-11-19(14(2)10-17-13)12-15-8-9-20(18-15)16-6-4-3-5-7-16/h8-9,13-14,16-17H,3-7,10-12H2,1-2H3. The molecule has 0 aromatic carbocycles. The maximum atomic E-state index is 4.84. The highest BCUT2D eigenvalue weighted by molar-refractivity contribution is 5.01. The van der Waals surface area contributed by atoms with Gasteiger partial charge in [-0.2, -0.15) is 5.10 Å². The predicted molar refractivity (Wildman–Crippen MR) is 81.7 cm³/mol. The molecule has 2 fully saturated rings. The Morgan fingerprint density at radius 2 is 2.05 bits per heavy atom. The molecule has 0 spiro atoms. The van der Waals surface area contributed by atoms with Gasteiger partial charge in [0.1, 0.15) is 0 Å². The van der Waals surface area contributed by atoms with E-state index in [1.165, 1.54) is 37.8 Å². The molecule has 1 aromatic rings. The lowest BCUT2D eigenvalue weighted by molar-refractivity contribution is 0.136. The van der Waals surface area contributed by atoms with Gasteiger partial charge in [-0.1, -0.05) is 19.3 Å². The van der Waals surface area contributed by atoms with E-state index in [-0.39, 0.29) is 0 Å². The van der Waals surface area contributed by atoms with Gasteiger partial charge in [-0.05, 0) is 32.8 Å². The summed E-state index contributed by atoms with van der Waals surface area (Å²) in [7, 11) is 0. The van der Waals surface area contributed by atoms with Crippen molar-refractivity contribution in [3.05, 3.63) is 18.0 Å². The summed E-state index contributed by atoms with van der Waals surface area (Å²) in [6.07, 6.45) is 8.95. The molecule has 1 aliphatic heterocycles. The number of hydrogen-bond acceptors (Lipinski definition) is 3. The van der Waals surface area contributed by atoms with Gasteiger partial charge in [-0.15, -0.1) is 0 Å². The van der Waals surface area contributed by atoms with Crippen LogP contribution in [-0.2, 0) is 6.54 Å². The van der Waals surface area contributed by atoms with E-state index in [2.05, 4.69) is 41.0 Å². The fraction of sp³-hybridized carbons (Fsp3) is 0.812. The normalized spacial score (nSPS) is 29.7. The van der Waals surface area contributed by atoms with Crippen molar-refractivity contribution in [2.75, 3.05) is 13.1 Å². The van der Waals surface area contributed by atoms with Gasteiger partial charge >= 0.3 is 0 Å². The summed E-state index contributed by atoms with van der Waals surface area (Å²) in [5.74, 6) is 0. The third-order valence-corrected chi connectivity index (χ3v) is 4.87. The van der Waals surface area contributed by atoms with Crippen molar-refractivity contribution >= 4 is 0 Å². The SMILES string of the molecule is CC1CN(Cc2ccn(C3CCCCC3)n2)C(C)CN1. The van der Waals surface area contributed by atoms with Crippen LogP contribution in [0.15, 0.2) is 12.3 Å². The Labute approximate surface area is 122 Å². The molecule has 1 aromatic heterocycles. The van der Waals surface area contributed by atoms with Crippen LogP contribution < -0.4 is 5.32 Å². The Morgan fingerprint density at radius 1 is 1.25 bits per heavy atom. The highest BCUT2D eigenvalue weighted by atomic mass is 15.3. The summed E-state index contributed by atoms with van der Waals surface area (Å²) >= 11 is 0. The summed E-state index contributed by atoms with van der Waals surface area (Å²) in [6, 6.07) is 4.06. The molecule has 20 heavy (non-hydrogen) atoms. The minimum atomic E-state index is 0.589.